The molecule has 3 rings (SSSR count). The van der Waals surface area contributed by atoms with Crippen LogP contribution in [0.2, 0.25) is 0 Å². The number of nitrogens with zero attached hydrogens (tertiary/aromatic N) is 1. The Balaban J connectivity index is 2.11. The van der Waals surface area contributed by atoms with Gasteiger partial charge < -0.3 is 5.32 Å². The molecule has 27 heavy (non-hydrogen) atoms. The summed E-state index contributed by atoms with van der Waals surface area (Å²) in [4.78, 5) is -0.182. The van der Waals surface area contributed by atoms with Gasteiger partial charge in [-0.3, -0.25) is 0 Å². The Hall–Kier alpha value is -2.56. The largest absolute Gasteiger partial charge is 0.416 e. The molecule has 1 aliphatic heterocycles. The first kappa shape index (κ1) is 19.2. The molecule has 2 aromatic rings. The monoisotopic (exact) mass is 408 g/mol. The Morgan fingerprint density at radius 2 is 1.44 bits per heavy atom. The van der Waals surface area contributed by atoms with E-state index in [4.69, 9.17) is 0 Å². The van der Waals surface area contributed by atoms with Crippen molar-refractivity contribution < 1.29 is 34.8 Å². The molecule has 0 atom stereocenters. The van der Waals surface area contributed by atoms with E-state index in [2.05, 4.69) is 9.71 Å². The number of halogens is 6. The SMILES string of the molecule is Cc1ccc2c(c1)C(Nc1cc(C(F)(F)F)cc(C(F)(F)F)c1)=NS2(=O)=O. The number of anilines is 1. The highest BCUT2D eigenvalue weighted by atomic mass is 32.2. The van der Waals surface area contributed by atoms with E-state index in [0.717, 1.165) is 0 Å². The first-order valence-electron chi connectivity index (χ1n) is 7.30. The van der Waals surface area contributed by atoms with Crippen molar-refractivity contribution in [2.45, 2.75) is 24.2 Å². The Morgan fingerprint density at radius 1 is 0.889 bits per heavy atom. The molecule has 144 valence electrons. The van der Waals surface area contributed by atoms with Crippen LogP contribution in [-0.2, 0) is 22.4 Å². The third-order valence-corrected chi connectivity index (χ3v) is 5.06. The van der Waals surface area contributed by atoms with Crippen LogP contribution in [0.25, 0.3) is 0 Å². The van der Waals surface area contributed by atoms with Crippen molar-refractivity contribution in [3.63, 3.8) is 0 Å². The van der Waals surface area contributed by atoms with Gasteiger partial charge in [0.05, 0.1) is 11.1 Å². The summed E-state index contributed by atoms with van der Waals surface area (Å²) in [5, 5.41) is 2.28. The molecule has 0 unspecified atom stereocenters. The van der Waals surface area contributed by atoms with E-state index < -0.39 is 39.2 Å². The first-order chi connectivity index (χ1) is 12.3. The van der Waals surface area contributed by atoms with Crippen LogP contribution in [0, 0.1) is 6.92 Å². The summed E-state index contributed by atoms with van der Waals surface area (Å²) in [6.07, 6.45) is -10.0. The molecule has 1 aliphatic rings. The second kappa shape index (κ2) is 5.98. The smallest absolute Gasteiger partial charge is 0.339 e. The maximum absolute atomic E-state index is 12.9. The standard InChI is InChI=1S/C16H10F6N2O2S/c1-8-2-3-13-12(4-8)14(24-27(13,25)26)23-11-6-9(15(17,18)19)5-10(7-11)16(20,21)22/h2-7H,1H3,(H,23,24). The summed E-state index contributed by atoms with van der Waals surface area (Å²) >= 11 is 0. The lowest BCUT2D eigenvalue weighted by Gasteiger charge is -2.15. The van der Waals surface area contributed by atoms with Crippen LogP contribution < -0.4 is 5.32 Å². The highest BCUT2D eigenvalue weighted by molar-refractivity contribution is 7.90. The molecular formula is C16H10F6N2O2S. The first-order valence-corrected chi connectivity index (χ1v) is 8.74. The van der Waals surface area contributed by atoms with Gasteiger partial charge in [0.1, 0.15) is 4.90 Å². The zero-order valence-electron chi connectivity index (χ0n) is 13.4. The van der Waals surface area contributed by atoms with Gasteiger partial charge in [-0.05, 0) is 37.3 Å². The summed E-state index contributed by atoms with van der Waals surface area (Å²) in [7, 11) is -4.09. The molecule has 0 fully saturated rings. The summed E-state index contributed by atoms with van der Waals surface area (Å²) in [6, 6.07) is 5.09. The molecular weight excluding hydrogens is 398 g/mol. The highest BCUT2D eigenvalue weighted by Crippen LogP contribution is 2.38. The number of hydrogen-bond donors (Lipinski definition) is 1. The molecule has 0 aliphatic carbocycles. The fourth-order valence-electron chi connectivity index (χ4n) is 2.53. The normalized spacial score (nSPS) is 16.0. The second-order valence-corrected chi connectivity index (χ2v) is 7.41. The summed E-state index contributed by atoms with van der Waals surface area (Å²) in [5.74, 6) is -0.346. The van der Waals surface area contributed by atoms with Gasteiger partial charge in [0.25, 0.3) is 10.0 Å². The number of nitrogens with one attached hydrogen (secondary N) is 1. The fraction of sp³-hybridized carbons (Fsp3) is 0.188. The number of rotatable bonds is 1. The molecule has 4 nitrogen and oxygen atoms in total. The van der Waals surface area contributed by atoms with E-state index in [1.165, 1.54) is 18.2 Å². The van der Waals surface area contributed by atoms with Gasteiger partial charge in [0.2, 0.25) is 0 Å². The molecule has 0 aromatic heterocycles. The third kappa shape index (κ3) is 3.77. The summed E-state index contributed by atoms with van der Waals surface area (Å²) in [5.41, 5.74) is -2.92. The molecule has 2 aromatic carbocycles. The van der Waals surface area contributed by atoms with Gasteiger partial charge in [-0.2, -0.15) is 34.8 Å². The van der Waals surface area contributed by atoms with Crippen molar-refractivity contribution in [1.29, 1.82) is 0 Å². The molecule has 0 bridgehead atoms. The average molecular weight is 408 g/mol. The predicted molar refractivity (Wildman–Crippen MR) is 85.0 cm³/mol. The van der Waals surface area contributed by atoms with Crippen molar-refractivity contribution in [2.24, 2.45) is 4.40 Å². The van der Waals surface area contributed by atoms with Crippen LogP contribution in [0.1, 0.15) is 22.3 Å². The average Bonchev–Trinajstić information content (AvgIpc) is 2.75. The number of fused-ring (bicyclic) bond motifs is 1. The van der Waals surface area contributed by atoms with Gasteiger partial charge >= 0.3 is 12.4 Å². The summed E-state index contributed by atoms with van der Waals surface area (Å²) < 4.78 is 105. The number of sulfonamides is 1. The van der Waals surface area contributed by atoms with Crippen LogP contribution in [-0.4, -0.2) is 14.3 Å². The van der Waals surface area contributed by atoms with E-state index in [1.807, 2.05) is 0 Å². The van der Waals surface area contributed by atoms with E-state index in [9.17, 15) is 34.8 Å². The third-order valence-electron chi connectivity index (χ3n) is 3.73. The topological polar surface area (TPSA) is 58.5 Å². The molecule has 1 N–H and O–H groups in total. The lowest BCUT2D eigenvalue weighted by Crippen LogP contribution is -2.15. The van der Waals surface area contributed by atoms with Gasteiger partial charge in [-0.15, -0.1) is 4.40 Å². The molecule has 0 saturated heterocycles. The van der Waals surface area contributed by atoms with Crippen LogP contribution in [0.3, 0.4) is 0 Å². The zero-order chi connectivity index (χ0) is 20.2. The Labute approximate surface area is 149 Å². The van der Waals surface area contributed by atoms with Crippen molar-refractivity contribution in [3.8, 4) is 0 Å². The fourth-order valence-corrected chi connectivity index (χ4v) is 3.68. The molecule has 11 heteroatoms. The minimum absolute atomic E-state index is 0.0174. The van der Waals surface area contributed by atoms with Crippen molar-refractivity contribution in [2.75, 3.05) is 5.32 Å². The molecule has 1 heterocycles. The number of hydrogen-bond acceptors (Lipinski definition) is 3. The van der Waals surface area contributed by atoms with E-state index >= 15 is 0 Å². The maximum Gasteiger partial charge on any atom is 0.416 e. The van der Waals surface area contributed by atoms with E-state index in [1.54, 1.807) is 6.92 Å². The Morgan fingerprint density at radius 3 is 1.96 bits per heavy atom. The van der Waals surface area contributed by atoms with E-state index in [-0.39, 0.29) is 22.4 Å². The van der Waals surface area contributed by atoms with E-state index in [0.29, 0.717) is 17.7 Å². The Kier molecular flexibility index (Phi) is 4.25. The maximum atomic E-state index is 12.9. The number of amidine groups is 1. The molecule has 0 spiro atoms. The van der Waals surface area contributed by atoms with Gasteiger partial charge in [0, 0.05) is 11.3 Å². The number of benzene rings is 2. The Bertz CT molecular complexity index is 1020. The summed E-state index contributed by atoms with van der Waals surface area (Å²) in [6.45, 7) is 1.65. The van der Waals surface area contributed by atoms with Crippen molar-refractivity contribution >= 4 is 21.5 Å². The van der Waals surface area contributed by atoms with Crippen molar-refractivity contribution in [3.05, 3.63) is 58.7 Å². The quantitative estimate of drug-likeness (QED) is 0.702. The minimum Gasteiger partial charge on any atom is -0.339 e. The molecule has 0 radical (unpaired) electrons. The van der Waals surface area contributed by atoms with Crippen molar-refractivity contribution in [1.82, 2.24) is 0 Å². The van der Waals surface area contributed by atoms with Gasteiger partial charge in [-0.25, -0.2) is 0 Å². The minimum atomic E-state index is -5.02. The lowest BCUT2D eigenvalue weighted by atomic mass is 10.1. The predicted octanol–water partition coefficient (Wildman–Crippen LogP) is 4.59. The van der Waals surface area contributed by atoms with Crippen LogP contribution >= 0.6 is 0 Å². The molecule has 0 amide bonds. The number of aryl methyl sites for hydroxylation is 1. The highest BCUT2D eigenvalue weighted by Gasteiger charge is 2.37. The van der Waals surface area contributed by atoms with Crippen LogP contribution in [0.5, 0.6) is 0 Å². The van der Waals surface area contributed by atoms with Crippen LogP contribution in [0.4, 0.5) is 32.0 Å². The lowest BCUT2D eigenvalue weighted by molar-refractivity contribution is -0.143. The van der Waals surface area contributed by atoms with Gasteiger partial charge in [0.15, 0.2) is 5.84 Å². The second-order valence-electron chi connectivity index (χ2n) is 5.83. The zero-order valence-corrected chi connectivity index (χ0v) is 14.2. The van der Waals surface area contributed by atoms with Crippen LogP contribution in [0.15, 0.2) is 45.7 Å². The molecule has 0 saturated carbocycles. The van der Waals surface area contributed by atoms with Gasteiger partial charge in [-0.1, -0.05) is 11.6 Å². The number of alkyl halides is 6.